The lowest BCUT2D eigenvalue weighted by atomic mass is 10.2. The average molecular weight is 332 g/mol. The van der Waals surface area contributed by atoms with E-state index in [1.807, 2.05) is 4.90 Å². The number of hydrogen-bond acceptors (Lipinski definition) is 4. The van der Waals surface area contributed by atoms with Gasteiger partial charge in [0.2, 0.25) is 0 Å². The number of carboxylic acid groups (broad SMARTS) is 1. The Bertz CT molecular complexity index is 560. The maximum Gasteiger partial charge on any atom is 0.320 e. The van der Waals surface area contributed by atoms with Crippen LogP contribution in [0.2, 0.25) is 10.2 Å². The van der Waals surface area contributed by atoms with Gasteiger partial charge >= 0.3 is 5.97 Å². The minimum atomic E-state index is -0.866. The van der Waals surface area contributed by atoms with Gasteiger partial charge in [-0.2, -0.15) is 0 Å². The molecule has 0 radical (unpaired) electrons. The zero-order chi connectivity index (χ0) is 15.6. The number of hydrogen-bond donors (Lipinski definition) is 1. The van der Waals surface area contributed by atoms with Gasteiger partial charge in [0, 0.05) is 26.2 Å². The van der Waals surface area contributed by atoms with E-state index in [-0.39, 0.29) is 21.8 Å². The van der Waals surface area contributed by atoms with Crippen molar-refractivity contribution in [3.63, 3.8) is 0 Å². The number of aromatic nitrogens is 1. The number of piperazine rings is 1. The molecule has 0 aromatic carbocycles. The van der Waals surface area contributed by atoms with Crippen LogP contribution in [-0.4, -0.2) is 64.0 Å². The third-order valence-corrected chi connectivity index (χ3v) is 4.04. The maximum absolute atomic E-state index is 12.4. The predicted molar refractivity (Wildman–Crippen MR) is 78.8 cm³/mol. The summed E-state index contributed by atoms with van der Waals surface area (Å²) in [5.41, 5.74) is 0.129. The molecule has 6 nitrogen and oxygen atoms in total. The molecule has 2 rings (SSSR count). The molecule has 1 amide bonds. The molecule has 0 bridgehead atoms. The molecule has 1 aliphatic rings. The Kier molecular flexibility index (Phi) is 5.03. The van der Waals surface area contributed by atoms with Crippen molar-refractivity contribution >= 4 is 35.1 Å². The fourth-order valence-corrected chi connectivity index (χ4v) is 2.52. The van der Waals surface area contributed by atoms with Gasteiger partial charge in [-0.25, -0.2) is 4.98 Å². The van der Waals surface area contributed by atoms with Crippen LogP contribution >= 0.6 is 23.2 Å². The molecule has 1 unspecified atom stereocenters. The summed E-state index contributed by atoms with van der Waals surface area (Å²) in [6.45, 7) is 3.49. The molecule has 8 heteroatoms. The first kappa shape index (κ1) is 16.0. The number of carbonyl (C=O) groups is 2. The number of nitrogens with zero attached hydrogens (tertiary/aromatic N) is 3. The second kappa shape index (κ2) is 6.60. The van der Waals surface area contributed by atoms with Gasteiger partial charge in [-0.15, -0.1) is 0 Å². The Hall–Kier alpha value is -1.37. The van der Waals surface area contributed by atoms with Gasteiger partial charge in [-0.3, -0.25) is 14.5 Å². The SMILES string of the molecule is CC(C(=O)O)N1CCN(C(=O)c2nc(Cl)ccc2Cl)CC1. The maximum atomic E-state index is 12.4. The van der Waals surface area contributed by atoms with Crippen molar-refractivity contribution in [3.8, 4) is 0 Å². The third kappa shape index (κ3) is 3.64. The van der Waals surface area contributed by atoms with Crippen molar-refractivity contribution < 1.29 is 14.7 Å². The molecular formula is C13H15Cl2N3O3. The van der Waals surface area contributed by atoms with E-state index in [2.05, 4.69) is 4.98 Å². The number of pyridine rings is 1. The number of carboxylic acids is 1. The number of rotatable bonds is 3. The Balaban J connectivity index is 2.03. The van der Waals surface area contributed by atoms with Gasteiger partial charge in [0.15, 0.2) is 0 Å². The Morgan fingerprint density at radius 2 is 1.86 bits per heavy atom. The normalized spacial score (nSPS) is 17.6. The van der Waals surface area contributed by atoms with Gasteiger partial charge in [0.05, 0.1) is 5.02 Å². The molecule has 21 heavy (non-hydrogen) atoms. The van der Waals surface area contributed by atoms with Crippen molar-refractivity contribution in [2.75, 3.05) is 26.2 Å². The van der Waals surface area contributed by atoms with Crippen LogP contribution in [0.5, 0.6) is 0 Å². The summed E-state index contributed by atoms with van der Waals surface area (Å²) in [5, 5.41) is 9.45. The molecule has 1 aromatic rings. The van der Waals surface area contributed by atoms with Crippen molar-refractivity contribution in [1.29, 1.82) is 0 Å². The molecule has 0 saturated carbocycles. The van der Waals surface area contributed by atoms with E-state index in [4.69, 9.17) is 28.3 Å². The van der Waals surface area contributed by atoms with E-state index in [0.717, 1.165) is 0 Å². The molecule has 0 spiro atoms. The first-order valence-electron chi connectivity index (χ1n) is 6.48. The lowest BCUT2D eigenvalue weighted by molar-refractivity contribution is -0.143. The van der Waals surface area contributed by atoms with Crippen molar-refractivity contribution in [3.05, 3.63) is 28.0 Å². The molecule has 1 N–H and O–H groups in total. The monoisotopic (exact) mass is 331 g/mol. The van der Waals surface area contributed by atoms with E-state index < -0.39 is 12.0 Å². The van der Waals surface area contributed by atoms with Crippen LogP contribution < -0.4 is 0 Å². The largest absolute Gasteiger partial charge is 0.480 e. The van der Waals surface area contributed by atoms with Gasteiger partial charge in [-0.05, 0) is 19.1 Å². The lowest BCUT2D eigenvalue weighted by Gasteiger charge is -2.36. The summed E-state index contributed by atoms with van der Waals surface area (Å²) in [5.74, 6) is -1.15. The van der Waals surface area contributed by atoms with E-state index in [1.165, 1.54) is 12.1 Å². The smallest absolute Gasteiger partial charge is 0.320 e. The average Bonchev–Trinajstić information content (AvgIpc) is 2.48. The van der Waals surface area contributed by atoms with E-state index in [1.54, 1.807) is 11.8 Å². The minimum absolute atomic E-state index is 0.129. The zero-order valence-corrected chi connectivity index (χ0v) is 12.9. The van der Waals surface area contributed by atoms with Crippen molar-refractivity contribution in [2.24, 2.45) is 0 Å². The van der Waals surface area contributed by atoms with E-state index >= 15 is 0 Å². The fourth-order valence-electron chi connectivity index (χ4n) is 2.19. The van der Waals surface area contributed by atoms with Crippen LogP contribution in [0.3, 0.4) is 0 Å². The molecule has 1 aliphatic heterocycles. The van der Waals surface area contributed by atoms with E-state index in [9.17, 15) is 9.59 Å². The quantitative estimate of drug-likeness (QED) is 0.852. The Labute approximate surface area is 132 Å². The number of halogens is 2. The molecule has 1 aromatic heterocycles. The third-order valence-electron chi connectivity index (χ3n) is 3.52. The van der Waals surface area contributed by atoms with Crippen molar-refractivity contribution in [2.45, 2.75) is 13.0 Å². The Morgan fingerprint density at radius 1 is 1.24 bits per heavy atom. The summed E-state index contributed by atoms with van der Waals surface area (Å²) in [7, 11) is 0. The summed E-state index contributed by atoms with van der Waals surface area (Å²) < 4.78 is 0. The number of amides is 1. The van der Waals surface area contributed by atoms with Crippen LogP contribution in [-0.2, 0) is 4.79 Å². The fraction of sp³-hybridized carbons (Fsp3) is 0.462. The highest BCUT2D eigenvalue weighted by molar-refractivity contribution is 6.34. The molecule has 1 atom stereocenters. The summed E-state index contributed by atoms with van der Waals surface area (Å²) >= 11 is 11.8. The summed E-state index contributed by atoms with van der Waals surface area (Å²) in [4.78, 5) is 30.7. The van der Waals surface area contributed by atoms with Crippen molar-refractivity contribution in [1.82, 2.24) is 14.8 Å². The van der Waals surface area contributed by atoms with Crippen LogP contribution in [0.4, 0.5) is 0 Å². The minimum Gasteiger partial charge on any atom is -0.480 e. The highest BCUT2D eigenvalue weighted by Crippen LogP contribution is 2.19. The van der Waals surface area contributed by atoms with Crippen LogP contribution in [0.1, 0.15) is 17.4 Å². The Morgan fingerprint density at radius 3 is 2.43 bits per heavy atom. The van der Waals surface area contributed by atoms with Crippen LogP contribution in [0.25, 0.3) is 0 Å². The van der Waals surface area contributed by atoms with Gasteiger partial charge in [-0.1, -0.05) is 23.2 Å². The topological polar surface area (TPSA) is 73.7 Å². The molecule has 1 saturated heterocycles. The second-order valence-electron chi connectivity index (χ2n) is 4.81. The van der Waals surface area contributed by atoms with Gasteiger partial charge in [0.25, 0.3) is 5.91 Å². The highest BCUT2D eigenvalue weighted by Gasteiger charge is 2.28. The molecule has 2 heterocycles. The molecular weight excluding hydrogens is 317 g/mol. The number of carbonyl (C=O) groups excluding carboxylic acids is 1. The lowest BCUT2D eigenvalue weighted by Crippen LogP contribution is -2.53. The van der Waals surface area contributed by atoms with E-state index in [0.29, 0.717) is 26.2 Å². The summed E-state index contributed by atoms with van der Waals surface area (Å²) in [6, 6.07) is 2.50. The van der Waals surface area contributed by atoms with Gasteiger partial charge < -0.3 is 10.0 Å². The second-order valence-corrected chi connectivity index (χ2v) is 5.60. The molecule has 114 valence electrons. The van der Waals surface area contributed by atoms with Crippen LogP contribution in [0.15, 0.2) is 12.1 Å². The molecule has 1 fully saturated rings. The standard InChI is InChI=1S/C13H15Cl2N3O3/c1-8(13(20)21)17-4-6-18(7-5-17)12(19)11-9(14)2-3-10(15)16-11/h2-3,8H,4-7H2,1H3,(H,20,21). The zero-order valence-electron chi connectivity index (χ0n) is 11.4. The highest BCUT2D eigenvalue weighted by atomic mass is 35.5. The summed E-state index contributed by atoms with van der Waals surface area (Å²) in [6.07, 6.45) is 0. The van der Waals surface area contributed by atoms with Gasteiger partial charge in [0.1, 0.15) is 16.9 Å². The first-order chi connectivity index (χ1) is 9.90. The number of aliphatic carboxylic acids is 1. The first-order valence-corrected chi connectivity index (χ1v) is 7.24. The van der Waals surface area contributed by atoms with Crippen LogP contribution in [0, 0.1) is 0 Å². The predicted octanol–water partition coefficient (Wildman–Crippen LogP) is 1.62. The molecule has 0 aliphatic carbocycles.